The Labute approximate surface area is 161 Å². The molecule has 0 bridgehead atoms. The van der Waals surface area contributed by atoms with Gasteiger partial charge in [0, 0.05) is 33.9 Å². The van der Waals surface area contributed by atoms with Crippen LogP contribution >= 0.6 is 0 Å². The van der Waals surface area contributed by atoms with Gasteiger partial charge in [-0.1, -0.05) is 6.07 Å². The minimum atomic E-state index is -0.359. The van der Waals surface area contributed by atoms with E-state index in [0.29, 0.717) is 28.1 Å². The van der Waals surface area contributed by atoms with Crippen molar-refractivity contribution in [1.82, 2.24) is 4.98 Å². The Morgan fingerprint density at radius 1 is 1.07 bits per heavy atom. The van der Waals surface area contributed by atoms with E-state index in [4.69, 9.17) is 9.15 Å². The van der Waals surface area contributed by atoms with Crippen LogP contribution in [0.25, 0.3) is 21.9 Å². The number of fused-ring (bicyclic) bond motifs is 2. The van der Waals surface area contributed by atoms with Gasteiger partial charge in [0.15, 0.2) is 6.61 Å². The standard InChI is InChI=1S/C22H20N2O4/c1-12-13(2)22(26)28-21-14(3)19(7-6-17(12)21)27-11-20(25)24-16-5-4-15-8-9-23-18(15)10-16/h4-10,23H,11H2,1-3H3,(H,24,25). The van der Waals surface area contributed by atoms with Crippen LogP contribution in [-0.4, -0.2) is 17.5 Å². The Morgan fingerprint density at radius 2 is 1.89 bits per heavy atom. The number of aryl methyl sites for hydroxylation is 2. The van der Waals surface area contributed by atoms with Crippen molar-refractivity contribution in [3.63, 3.8) is 0 Å². The van der Waals surface area contributed by atoms with Crippen LogP contribution in [0.4, 0.5) is 5.69 Å². The van der Waals surface area contributed by atoms with E-state index >= 15 is 0 Å². The summed E-state index contributed by atoms with van der Waals surface area (Å²) < 4.78 is 11.1. The van der Waals surface area contributed by atoms with E-state index in [9.17, 15) is 9.59 Å². The number of hydrogen-bond acceptors (Lipinski definition) is 4. The van der Waals surface area contributed by atoms with Gasteiger partial charge in [-0.25, -0.2) is 4.79 Å². The summed E-state index contributed by atoms with van der Waals surface area (Å²) in [5, 5.41) is 4.76. The van der Waals surface area contributed by atoms with Gasteiger partial charge >= 0.3 is 5.63 Å². The van der Waals surface area contributed by atoms with E-state index in [1.54, 1.807) is 13.0 Å². The summed E-state index contributed by atoms with van der Waals surface area (Å²) in [7, 11) is 0. The molecule has 0 radical (unpaired) electrons. The van der Waals surface area contributed by atoms with E-state index in [0.717, 1.165) is 21.9 Å². The molecule has 4 rings (SSSR count). The highest BCUT2D eigenvalue weighted by Crippen LogP contribution is 2.29. The second-order valence-electron chi connectivity index (χ2n) is 6.82. The predicted molar refractivity (Wildman–Crippen MR) is 109 cm³/mol. The molecule has 2 N–H and O–H groups in total. The number of carbonyl (C=O) groups is 1. The van der Waals surface area contributed by atoms with Crippen molar-refractivity contribution >= 4 is 33.5 Å². The molecule has 0 aliphatic heterocycles. The smallest absolute Gasteiger partial charge is 0.339 e. The fourth-order valence-corrected chi connectivity index (χ4v) is 3.25. The number of nitrogens with one attached hydrogen (secondary N) is 2. The number of ether oxygens (including phenoxy) is 1. The molecular weight excluding hydrogens is 356 g/mol. The number of benzene rings is 2. The Kier molecular flexibility index (Phi) is 4.39. The summed E-state index contributed by atoms with van der Waals surface area (Å²) in [6.07, 6.45) is 1.85. The molecule has 0 unspecified atom stereocenters. The highest BCUT2D eigenvalue weighted by atomic mass is 16.5. The molecule has 2 aromatic heterocycles. The molecule has 6 heteroatoms. The molecule has 2 heterocycles. The van der Waals surface area contributed by atoms with Gasteiger partial charge in [-0.2, -0.15) is 0 Å². The van der Waals surface area contributed by atoms with Crippen LogP contribution in [0.2, 0.25) is 0 Å². The van der Waals surface area contributed by atoms with Gasteiger partial charge in [0.1, 0.15) is 11.3 Å². The van der Waals surface area contributed by atoms with Crippen molar-refractivity contribution < 1.29 is 13.9 Å². The van der Waals surface area contributed by atoms with Gasteiger partial charge in [-0.05, 0) is 62.1 Å². The molecule has 28 heavy (non-hydrogen) atoms. The number of amides is 1. The summed E-state index contributed by atoms with van der Waals surface area (Å²) in [6.45, 7) is 5.30. The minimum Gasteiger partial charge on any atom is -0.483 e. The molecular formula is C22H20N2O4. The molecule has 0 atom stereocenters. The highest BCUT2D eigenvalue weighted by Gasteiger charge is 2.14. The van der Waals surface area contributed by atoms with Crippen LogP contribution in [0.1, 0.15) is 16.7 Å². The predicted octanol–water partition coefficient (Wildman–Crippen LogP) is 4.22. The molecule has 4 aromatic rings. The van der Waals surface area contributed by atoms with E-state index in [-0.39, 0.29) is 18.1 Å². The van der Waals surface area contributed by atoms with Gasteiger partial charge in [0.25, 0.3) is 5.91 Å². The van der Waals surface area contributed by atoms with Crippen molar-refractivity contribution in [3.8, 4) is 5.75 Å². The number of aromatic amines is 1. The molecule has 0 fully saturated rings. The number of rotatable bonds is 4. The fourth-order valence-electron chi connectivity index (χ4n) is 3.25. The maximum atomic E-state index is 12.3. The van der Waals surface area contributed by atoms with Gasteiger partial charge < -0.3 is 19.5 Å². The fraction of sp³-hybridized carbons (Fsp3) is 0.182. The van der Waals surface area contributed by atoms with Crippen molar-refractivity contribution in [2.24, 2.45) is 0 Å². The first-order chi connectivity index (χ1) is 13.4. The lowest BCUT2D eigenvalue weighted by Crippen LogP contribution is -2.20. The minimum absolute atomic E-state index is 0.149. The molecule has 0 spiro atoms. The summed E-state index contributed by atoms with van der Waals surface area (Å²) in [4.78, 5) is 27.4. The van der Waals surface area contributed by atoms with Crippen molar-refractivity contribution in [1.29, 1.82) is 0 Å². The zero-order chi connectivity index (χ0) is 19.8. The third-order valence-corrected chi connectivity index (χ3v) is 5.02. The molecule has 142 valence electrons. The Bertz CT molecular complexity index is 1270. The Balaban J connectivity index is 1.51. The normalized spacial score (nSPS) is 11.1. The van der Waals surface area contributed by atoms with E-state index in [1.807, 2.05) is 50.4 Å². The van der Waals surface area contributed by atoms with Crippen molar-refractivity contribution in [2.45, 2.75) is 20.8 Å². The lowest BCUT2D eigenvalue weighted by atomic mass is 10.0. The zero-order valence-electron chi connectivity index (χ0n) is 15.9. The third kappa shape index (κ3) is 3.13. The third-order valence-electron chi connectivity index (χ3n) is 5.02. The zero-order valence-corrected chi connectivity index (χ0v) is 15.9. The lowest BCUT2D eigenvalue weighted by molar-refractivity contribution is -0.118. The number of H-pyrrole nitrogens is 1. The molecule has 0 saturated carbocycles. The van der Waals surface area contributed by atoms with Crippen molar-refractivity contribution in [2.75, 3.05) is 11.9 Å². The Morgan fingerprint density at radius 3 is 2.71 bits per heavy atom. The first kappa shape index (κ1) is 17.9. The number of carbonyl (C=O) groups excluding carboxylic acids is 1. The van der Waals surface area contributed by atoms with Crippen LogP contribution in [0.15, 0.2) is 51.8 Å². The SMILES string of the molecule is Cc1c(C)c2ccc(OCC(=O)Nc3ccc4cc[nH]c4c3)c(C)c2oc1=O. The highest BCUT2D eigenvalue weighted by molar-refractivity contribution is 5.94. The van der Waals surface area contributed by atoms with E-state index in [1.165, 1.54) is 0 Å². The van der Waals surface area contributed by atoms with Gasteiger partial charge in [0.2, 0.25) is 0 Å². The largest absolute Gasteiger partial charge is 0.483 e. The van der Waals surface area contributed by atoms with Crippen LogP contribution in [0, 0.1) is 20.8 Å². The molecule has 2 aromatic carbocycles. The summed E-state index contributed by atoms with van der Waals surface area (Å²) in [5.41, 5.74) is 3.95. The maximum Gasteiger partial charge on any atom is 0.339 e. The Hall–Kier alpha value is -3.54. The molecule has 0 aliphatic rings. The summed E-state index contributed by atoms with van der Waals surface area (Å²) >= 11 is 0. The van der Waals surface area contributed by atoms with Gasteiger partial charge in [0.05, 0.1) is 0 Å². The van der Waals surface area contributed by atoms with Crippen LogP contribution in [-0.2, 0) is 4.79 Å². The average Bonchev–Trinajstić information content (AvgIpc) is 3.14. The van der Waals surface area contributed by atoms with E-state index in [2.05, 4.69) is 10.3 Å². The van der Waals surface area contributed by atoms with Crippen LogP contribution < -0.4 is 15.7 Å². The monoisotopic (exact) mass is 376 g/mol. The quantitative estimate of drug-likeness (QED) is 0.522. The summed E-state index contributed by atoms with van der Waals surface area (Å²) in [5.74, 6) is 0.237. The van der Waals surface area contributed by atoms with E-state index < -0.39 is 0 Å². The first-order valence-corrected chi connectivity index (χ1v) is 8.97. The molecule has 0 saturated heterocycles. The van der Waals surface area contributed by atoms with Crippen molar-refractivity contribution in [3.05, 3.63) is 69.7 Å². The number of hydrogen-bond donors (Lipinski definition) is 2. The molecule has 1 amide bonds. The topological polar surface area (TPSA) is 84.3 Å². The number of anilines is 1. The lowest BCUT2D eigenvalue weighted by Gasteiger charge is -2.12. The van der Waals surface area contributed by atoms with Crippen LogP contribution in [0.3, 0.4) is 0 Å². The first-order valence-electron chi connectivity index (χ1n) is 8.97. The second kappa shape index (κ2) is 6.88. The average molecular weight is 376 g/mol. The van der Waals surface area contributed by atoms with Crippen LogP contribution in [0.5, 0.6) is 5.75 Å². The molecule has 6 nitrogen and oxygen atoms in total. The second-order valence-corrected chi connectivity index (χ2v) is 6.82. The maximum absolute atomic E-state index is 12.3. The number of aromatic nitrogens is 1. The van der Waals surface area contributed by atoms with Gasteiger partial charge in [-0.15, -0.1) is 0 Å². The van der Waals surface area contributed by atoms with Gasteiger partial charge in [-0.3, -0.25) is 4.79 Å². The molecule has 0 aliphatic carbocycles. The summed E-state index contributed by atoms with van der Waals surface area (Å²) in [6, 6.07) is 11.3.